The van der Waals surface area contributed by atoms with Crippen molar-refractivity contribution in [2.75, 3.05) is 54.4 Å². The fourth-order valence-electron chi connectivity index (χ4n) is 3.86. The topological polar surface area (TPSA) is 119 Å². The number of nitrogens with one attached hydrogen (secondary N) is 3. The number of anilines is 3. The van der Waals surface area contributed by atoms with Crippen LogP contribution in [-0.4, -0.2) is 73.4 Å². The third-order valence-corrected chi connectivity index (χ3v) is 5.54. The molecule has 11 nitrogen and oxygen atoms in total. The minimum Gasteiger partial charge on any atom is -0.442 e. The first-order valence-corrected chi connectivity index (χ1v) is 11.0. The van der Waals surface area contributed by atoms with Gasteiger partial charge in [-0.2, -0.15) is 0 Å². The number of rotatable bonds is 5. The Kier molecular flexibility index (Phi) is 7.25. The van der Waals surface area contributed by atoms with E-state index in [0.717, 1.165) is 17.0 Å². The molecule has 35 heavy (non-hydrogen) atoms. The van der Waals surface area contributed by atoms with E-state index in [1.165, 1.54) is 16.8 Å². The Morgan fingerprint density at radius 2 is 1.89 bits per heavy atom. The van der Waals surface area contributed by atoms with E-state index in [4.69, 9.17) is 4.74 Å². The summed E-state index contributed by atoms with van der Waals surface area (Å²) < 4.78 is 35.3. The van der Waals surface area contributed by atoms with Crippen LogP contribution in [0.5, 0.6) is 0 Å². The summed E-state index contributed by atoms with van der Waals surface area (Å²) in [4.78, 5) is 42.3. The van der Waals surface area contributed by atoms with Gasteiger partial charge in [0, 0.05) is 56.8 Å². The second-order valence-corrected chi connectivity index (χ2v) is 8.02. The van der Waals surface area contributed by atoms with Crippen molar-refractivity contribution in [3.63, 3.8) is 0 Å². The Morgan fingerprint density at radius 3 is 2.57 bits per heavy atom. The van der Waals surface area contributed by atoms with Gasteiger partial charge in [0.25, 0.3) is 0 Å². The molecule has 2 aliphatic rings. The van der Waals surface area contributed by atoms with Gasteiger partial charge in [0.1, 0.15) is 11.8 Å². The van der Waals surface area contributed by atoms with E-state index >= 15 is 8.78 Å². The number of cyclic esters (lactones) is 1. The Hall–Kier alpha value is -4.00. The van der Waals surface area contributed by atoms with Crippen LogP contribution >= 0.6 is 0 Å². The van der Waals surface area contributed by atoms with Gasteiger partial charge in [0.2, 0.25) is 5.91 Å². The van der Waals surface area contributed by atoms with Crippen LogP contribution in [0.3, 0.4) is 0 Å². The zero-order chi connectivity index (χ0) is 24.9. The summed E-state index contributed by atoms with van der Waals surface area (Å²) in [5.74, 6) is -1.96. The number of carbonyl (C=O) groups excluding carboxylic acids is 3. The summed E-state index contributed by atoms with van der Waals surface area (Å²) in [5, 5.41) is 6.62. The van der Waals surface area contributed by atoms with Gasteiger partial charge in [0.05, 0.1) is 25.3 Å². The normalized spacial score (nSPS) is 18.2. The minimum atomic E-state index is -0.840. The van der Waals surface area contributed by atoms with E-state index in [-0.39, 0.29) is 56.6 Å². The molecule has 1 atom stereocenters. The lowest BCUT2D eigenvalue weighted by molar-refractivity contribution is -0.119. The van der Waals surface area contributed by atoms with Crippen LogP contribution in [0.2, 0.25) is 0 Å². The molecule has 2 saturated heterocycles. The molecule has 3 N–H and O–H groups in total. The highest BCUT2D eigenvalue weighted by Gasteiger charge is 2.34. The van der Waals surface area contributed by atoms with Crippen molar-refractivity contribution in [3.05, 3.63) is 48.3 Å². The van der Waals surface area contributed by atoms with Crippen LogP contribution in [0.1, 0.15) is 6.92 Å². The zero-order valence-corrected chi connectivity index (χ0v) is 19.0. The number of hydrogen-bond acceptors (Lipinski definition) is 7. The van der Waals surface area contributed by atoms with Gasteiger partial charge in [-0.05, 0) is 12.1 Å². The van der Waals surface area contributed by atoms with Gasteiger partial charge in [-0.25, -0.2) is 23.8 Å². The highest BCUT2D eigenvalue weighted by atomic mass is 19.1. The maximum absolute atomic E-state index is 15.1. The van der Waals surface area contributed by atoms with E-state index in [2.05, 4.69) is 21.0 Å². The SMILES string of the molecule is CC(=O)NC[C@H]1CN(c2cc(F)c(N3CCNN(C(=O)Nc4ccncc4)CC3)c(F)c2)C(=O)O1. The van der Waals surface area contributed by atoms with Crippen LogP contribution in [0, 0.1) is 11.6 Å². The third-order valence-electron chi connectivity index (χ3n) is 5.54. The quantitative estimate of drug-likeness (QED) is 0.585. The number of carbonyl (C=O) groups is 3. The van der Waals surface area contributed by atoms with E-state index in [1.54, 1.807) is 24.5 Å². The molecule has 4 rings (SSSR count). The second-order valence-electron chi connectivity index (χ2n) is 8.02. The number of hydrazine groups is 1. The predicted molar refractivity (Wildman–Crippen MR) is 123 cm³/mol. The molecule has 3 heterocycles. The number of halogens is 2. The monoisotopic (exact) mass is 489 g/mol. The standard InChI is InChI=1S/C22H25F2N7O4/c1-14(32)26-12-17-13-30(22(34)35-17)16-10-18(23)20(19(24)11-16)29-7-6-27-31(9-8-29)21(33)28-15-2-4-25-5-3-15/h2-5,10-11,17,27H,6-9,12-13H2,1H3,(H,26,32)(H,25,28,33)/t17-/m0/s1. The molecule has 2 aromatic rings. The van der Waals surface area contributed by atoms with Crippen LogP contribution < -0.4 is 25.9 Å². The number of hydrogen-bond donors (Lipinski definition) is 3. The summed E-state index contributed by atoms with van der Waals surface area (Å²) in [6, 6.07) is 5.04. The van der Waals surface area contributed by atoms with Crippen molar-refractivity contribution in [3.8, 4) is 0 Å². The summed E-state index contributed by atoms with van der Waals surface area (Å²) in [6.07, 6.45) is 1.72. The number of amides is 4. The van der Waals surface area contributed by atoms with Crippen LogP contribution in [-0.2, 0) is 9.53 Å². The Labute approximate surface area is 200 Å². The summed E-state index contributed by atoms with van der Waals surface area (Å²) in [7, 11) is 0. The average molecular weight is 489 g/mol. The van der Waals surface area contributed by atoms with Gasteiger partial charge in [0.15, 0.2) is 11.6 Å². The molecule has 0 radical (unpaired) electrons. The molecular formula is C22H25F2N7O4. The molecule has 13 heteroatoms. The molecular weight excluding hydrogens is 464 g/mol. The van der Waals surface area contributed by atoms with Crippen molar-refractivity contribution < 1.29 is 27.9 Å². The highest BCUT2D eigenvalue weighted by Crippen LogP contribution is 2.31. The predicted octanol–water partition coefficient (Wildman–Crippen LogP) is 1.68. The number of urea groups is 1. The molecule has 4 amide bonds. The largest absolute Gasteiger partial charge is 0.442 e. The molecule has 0 bridgehead atoms. The van der Waals surface area contributed by atoms with Crippen molar-refractivity contribution in [2.24, 2.45) is 0 Å². The first kappa shape index (κ1) is 24.1. The molecule has 1 aromatic heterocycles. The van der Waals surface area contributed by atoms with Gasteiger partial charge in [-0.3, -0.25) is 19.7 Å². The Morgan fingerprint density at radius 1 is 1.17 bits per heavy atom. The molecule has 0 aliphatic carbocycles. The second kappa shape index (κ2) is 10.5. The van der Waals surface area contributed by atoms with Gasteiger partial charge in [-0.1, -0.05) is 0 Å². The molecule has 0 spiro atoms. The summed E-state index contributed by atoms with van der Waals surface area (Å²) >= 11 is 0. The number of aromatic nitrogens is 1. The van der Waals surface area contributed by atoms with Crippen LogP contribution in [0.4, 0.5) is 35.4 Å². The van der Waals surface area contributed by atoms with E-state index in [0.29, 0.717) is 5.69 Å². The van der Waals surface area contributed by atoms with E-state index in [1.807, 2.05) is 0 Å². The maximum atomic E-state index is 15.1. The summed E-state index contributed by atoms with van der Waals surface area (Å²) in [6.45, 7) is 2.35. The van der Waals surface area contributed by atoms with Crippen molar-refractivity contribution in [1.82, 2.24) is 20.7 Å². The lowest BCUT2D eigenvalue weighted by Crippen LogP contribution is -2.46. The average Bonchev–Trinajstić information content (AvgIpc) is 3.02. The lowest BCUT2D eigenvalue weighted by atomic mass is 10.2. The molecule has 0 unspecified atom stereocenters. The molecule has 2 fully saturated rings. The van der Waals surface area contributed by atoms with Gasteiger partial charge in [-0.15, -0.1) is 0 Å². The highest BCUT2D eigenvalue weighted by molar-refractivity contribution is 5.90. The zero-order valence-electron chi connectivity index (χ0n) is 19.0. The number of ether oxygens (including phenoxy) is 1. The maximum Gasteiger partial charge on any atom is 0.414 e. The molecule has 0 saturated carbocycles. The number of benzene rings is 1. The first-order chi connectivity index (χ1) is 16.8. The van der Waals surface area contributed by atoms with Crippen molar-refractivity contribution in [2.45, 2.75) is 13.0 Å². The van der Waals surface area contributed by atoms with Crippen molar-refractivity contribution >= 4 is 35.1 Å². The Bertz CT molecular complexity index is 1080. The number of nitrogens with zero attached hydrogens (tertiary/aromatic N) is 4. The fraction of sp³-hybridized carbons (Fsp3) is 0.364. The molecule has 2 aliphatic heterocycles. The van der Waals surface area contributed by atoms with Crippen LogP contribution in [0.25, 0.3) is 0 Å². The minimum absolute atomic E-state index is 0.0189. The molecule has 186 valence electrons. The fourth-order valence-corrected chi connectivity index (χ4v) is 3.86. The van der Waals surface area contributed by atoms with Gasteiger partial charge < -0.3 is 20.3 Å². The first-order valence-electron chi connectivity index (χ1n) is 11.0. The van der Waals surface area contributed by atoms with Gasteiger partial charge >= 0.3 is 12.1 Å². The van der Waals surface area contributed by atoms with E-state index < -0.39 is 29.9 Å². The Balaban J connectivity index is 1.42. The summed E-state index contributed by atoms with van der Waals surface area (Å²) in [5.41, 5.74) is 3.29. The smallest absolute Gasteiger partial charge is 0.414 e. The number of pyridine rings is 1. The van der Waals surface area contributed by atoms with E-state index in [9.17, 15) is 14.4 Å². The van der Waals surface area contributed by atoms with Crippen molar-refractivity contribution in [1.29, 1.82) is 0 Å². The molecule has 1 aromatic carbocycles. The lowest BCUT2D eigenvalue weighted by Gasteiger charge is -2.25. The third kappa shape index (κ3) is 5.74. The van der Waals surface area contributed by atoms with Crippen LogP contribution in [0.15, 0.2) is 36.7 Å².